The third kappa shape index (κ3) is 4.12. The molecule has 10 heteroatoms. The molecule has 1 atom stereocenters. The Morgan fingerprint density at radius 1 is 1.07 bits per heavy atom. The van der Waals surface area contributed by atoms with Gasteiger partial charge < -0.3 is 4.52 Å². The largest absolute Gasteiger partial charge is 0.338 e. The minimum atomic E-state index is -0.409. The van der Waals surface area contributed by atoms with Gasteiger partial charge in [0.15, 0.2) is 11.5 Å². The van der Waals surface area contributed by atoms with Crippen molar-refractivity contribution in [1.82, 2.24) is 29.2 Å². The number of hydrogen-bond donors (Lipinski definition) is 0. The predicted molar refractivity (Wildman–Crippen MR) is 111 cm³/mol. The van der Waals surface area contributed by atoms with E-state index in [4.69, 9.17) is 4.52 Å². The molecule has 0 unspecified atom stereocenters. The normalized spacial score (nSPS) is 13.0. The van der Waals surface area contributed by atoms with Crippen LogP contribution < -0.4 is 11.2 Å². The van der Waals surface area contributed by atoms with Gasteiger partial charge in [0.25, 0.3) is 5.56 Å². The number of hydrogen-bond acceptors (Lipinski definition) is 8. The van der Waals surface area contributed by atoms with E-state index in [2.05, 4.69) is 20.1 Å². The number of fused-ring (bicyclic) bond motifs is 1. The third-order valence-corrected chi connectivity index (χ3v) is 5.49. The number of thioether (sulfide) groups is 1. The molecular weight excluding hydrogens is 392 g/mol. The summed E-state index contributed by atoms with van der Waals surface area (Å²) in [5.41, 5.74) is -0.424. The molecule has 0 fully saturated rings. The van der Waals surface area contributed by atoms with Gasteiger partial charge in [0.05, 0.1) is 5.25 Å². The second kappa shape index (κ2) is 8.10. The molecule has 156 valence electrons. The molecule has 0 aliphatic heterocycles. The van der Waals surface area contributed by atoms with E-state index in [9.17, 15) is 9.59 Å². The van der Waals surface area contributed by atoms with Crippen molar-refractivity contribution in [2.24, 2.45) is 13.0 Å². The van der Waals surface area contributed by atoms with E-state index in [-0.39, 0.29) is 22.8 Å². The number of aromatic nitrogens is 6. The standard InChI is InChI=1S/C19H26N6O3S/c1-9(2)8-25-15-13(18(26)24(7)19(25)27)17(21-12(6)20-15)29-11(5)16-22-14(10(3)4)23-28-16/h9-11H,8H2,1-7H3/t11-/m0/s1. The van der Waals surface area contributed by atoms with E-state index in [0.29, 0.717) is 40.1 Å². The highest BCUT2D eigenvalue weighted by atomic mass is 32.2. The number of rotatable bonds is 6. The van der Waals surface area contributed by atoms with E-state index in [1.54, 1.807) is 11.5 Å². The van der Waals surface area contributed by atoms with Crippen LogP contribution in [0.3, 0.4) is 0 Å². The molecule has 0 saturated carbocycles. The molecule has 0 amide bonds. The lowest BCUT2D eigenvalue weighted by Crippen LogP contribution is -2.39. The number of aryl methyl sites for hydroxylation is 1. The molecule has 3 rings (SSSR count). The maximum Gasteiger partial charge on any atom is 0.332 e. The smallest absolute Gasteiger partial charge is 0.332 e. The van der Waals surface area contributed by atoms with E-state index < -0.39 is 5.56 Å². The second-order valence-electron chi connectivity index (χ2n) is 7.83. The molecule has 29 heavy (non-hydrogen) atoms. The summed E-state index contributed by atoms with van der Waals surface area (Å²) in [6.07, 6.45) is 0. The highest BCUT2D eigenvalue weighted by molar-refractivity contribution is 7.99. The topological polar surface area (TPSA) is 109 Å². The van der Waals surface area contributed by atoms with Gasteiger partial charge >= 0.3 is 5.69 Å². The van der Waals surface area contributed by atoms with Crippen LogP contribution in [0.1, 0.15) is 63.3 Å². The summed E-state index contributed by atoms with van der Waals surface area (Å²) in [4.78, 5) is 39.0. The first-order valence-electron chi connectivity index (χ1n) is 9.58. The van der Waals surface area contributed by atoms with E-state index in [1.165, 1.54) is 18.8 Å². The molecule has 0 aliphatic carbocycles. The first kappa shape index (κ1) is 21.2. The summed E-state index contributed by atoms with van der Waals surface area (Å²) in [5, 5.41) is 4.62. The van der Waals surface area contributed by atoms with Gasteiger partial charge in [-0.3, -0.25) is 13.9 Å². The van der Waals surface area contributed by atoms with Crippen molar-refractivity contribution in [1.29, 1.82) is 0 Å². The van der Waals surface area contributed by atoms with Crippen molar-refractivity contribution in [3.05, 3.63) is 38.4 Å². The average molecular weight is 419 g/mol. The molecular formula is C19H26N6O3S. The van der Waals surface area contributed by atoms with Crippen LogP contribution in [-0.2, 0) is 13.6 Å². The quantitative estimate of drug-likeness (QED) is 0.444. The van der Waals surface area contributed by atoms with E-state index >= 15 is 0 Å². The fourth-order valence-corrected chi connectivity index (χ4v) is 3.93. The molecule has 0 N–H and O–H groups in total. The summed E-state index contributed by atoms with van der Waals surface area (Å²) in [5.74, 6) is 1.97. The zero-order valence-corrected chi connectivity index (χ0v) is 18.6. The van der Waals surface area contributed by atoms with Crippen molar-refractivity contribution in [2.75, 3.05) is 0 Å². The van der Waals surface area contributed by atoms with Gasteiger partial charge in [-0.2, -0.15) is 4.98 Å². The van der Waals surface area contributed by atoms with Crippen LogP contribution in [0.5, 0.6) is 0 Å². The van der Waals surface area contributed by atoms with E-state index in [0.717, 1.165) is 4.57 Å². The fraction of sp³-hybridized carbons (Fsp3) is 0.579. The molecule has 0 aromatic carbocycles. The fourth-order valence-electron chi connectivity index (χ4n) is 2.92. The monoisotopic (exact) mass is 418 g/mol. The molecule has 0 saturated heterocycles. The van der Waals surface area contributed by atoms with Crippen LogP contribution in [-0.4, -0.2) is 29.2 Å². The summed E-state index contributed by atoms with van der Waals surface area (Å²) >= 11 is 1.35. The van der Waals surface area contributed by atoms with Crippen LogP contribution >= 0.6 is 11.8 Å². The third-order valence-electron chi connectivity index (χ3n) is 4.42. The lowest BCUT2D eigenvalue weighted by Gasteiger charge is -2.15. The van der Waals surface area contributed by atoms with Crippen LogP contribution in [0, 0.1) is 12.8 Å². The number of nitrogens with zero attached hydrogens (tertiary/aromatic N) is 6. The average Bonchev–Trinajstić information content (AvgIpc) is 3.13. The van der Waals surface area contributed by atoms with Gasteiger partial charge in [-0.1, -0.05) is 44.6 Å². The first-order chi connectivity index (χ1) is 13.6. The maximum absolute atomic E-state index is 12.9. The Kier molecular flexibility index (Phi) is 5.92. The van der Waals surface area contributed by atoms with Gasteiger partial charge in [-0.25, -0.2) is 14.8 Å². The SMILES string of the molecule is Cc1nc(S[C@@H](C)c2nc(C(C)C)no2)c2c(=O)n(C)c(=O)n(CC(C)C)c2n1. The minimum Gasteiger partial charge on any atom is -0.338 e. The van der Waals surface area contributed by atoms with Gasteiger partial charge in [0.2, 0.25) is 5.89 Å². The summed E-state index contributed by atoms with van der Waals surface area (Å²) in [7, 11) is 1.48. The van der Waals surface area contributed by atoms with Crippen LogP contribution in [0.2, 0.25) is 0 Å². The molecule has 0 aliphatic rings. The Labute approximate surface area is 172 Å². The van der Waals surface area contributed by atoms with Gasteiger partial charge in [0, 0.05) is 19.5 Å². The molecule has 0 bridgehead atoms. The van der Waals surface area contributed by atoms with Crippen molar-refractivity contribution in [3.8, 4) is 0 Å². The highest BCUT2D eigenvalue weighted by Crippen LogP contribution is 2.35. The summed E-state index contributed by atoms with van der Waals surface area (Å²) < 4.78 is 8.05. The molecule has 3 aromatic rings. The summed E-state index contributed by atoms with van der Waals surface area (Å²) in [6.45, 7) is 12.1. The van der Waals surface area contributed by atoms with Crippen LogP contribution in [0.15, 0.2) is 19.1 Å². The van der Waals surface area contributed by atoms with Crippen molar-refractivity contribution < 1.29 is 4.52 Å². The summed E-state index contributed by atoms with van der Waals surface area (Å²) in [6, 6.07) is 0. The lowest BCUT2D eigenvalue weighted by atomic mass is 10.2. The molecule has 0 radical (unpaired) electrons. The van der Waals surface area contributed by atoms with Gasteiger partial charge in [0.1, 0.15) is 16.2 Å². The Hall–Kier alpha value is -2.49. The van der Waals surface area contributed by atoms with Crippen LogP contribution in [0.25, 0.3) is 11.0 Å². The van der Waals surface area contributed by atoms with Gasteiger partial charge in [-0.15, -0.1) is 0 Å². The maximum atomic E-state index is 12.9. The Morgan fingerprint density at radius 2 is 1.76 bits per heavy atom. The van der Waals surface area contributed by atoms with Crippen molar-refractivity contribution >= 4 is 22.8 Å². The Morgan fingerprint density at radius 3 is 2.34 bits per heavy atom. The predicted octanol–water partition coefficient (Wildman–Crippen LogP) is 2.81. The minimum absolute atomic E-state index is 0.157. The van der Waals surface area contributed by atoms with E-state index in [1.807, 2.05) is 34.6 Å². The Bertz CT molecular complexity index is 1160. The van der Waals surface area contributed by atoms with Crippen molar-refractivity contribution in [2.45, 2.75) is 64.3 Å². The highest BCUT2D eigenvalue weighted by Gasteiger charge is 2.23. The zero-order valence-electron chi connectivity index (χ0n) is 17.8. The molecule has 3 heterocycles. The van der Waals surface area contributed by atoms with Crippen molar-refractivity contribution in [3.63, 3.8) is 0 Å². The molecule has 3 aromatic heterocycles. The second-order valence-corrected chi connectivity index (χ2v) is 9.16. The molecule has 0 spiro atoms. The Balaban J connectivity index is 2.16. The molecule has 9 nitrogen and oxygen atoms in total. The zero-order chi connectivity index (χ0) is 21.5. The van der Waals surface area contributed by atoms with Crippen LogP contribution in [0.4, 0.5) is 0 Å². The lowest BCUT2D eigenvalue weighted by molar-refractivity contribution is 0.373. The van der Waals surface area contributed by atoms with Gasteiger partial charge in [-0.05, 0) is 19.8 Å². The first-order valence-corrected chi connectivity index (χ1v) is 10.5.